The first kappa shape index (κ1) is 15.1. The SMILES string of the molecule is CC1CN(C)CCC1Nc1ccc(S(N)(=O)=O)cc1N. The van der Waals surface area contributed by atoms with Gasteiger partial charge in [-0.25, -0.2) is 13.6 Å². The van der Waals surface area contributed by atoms with Crippen molar-refractivity contribution in [2.45, 2.75) is 24.3 Å². The lowest BCUT2D eigenvalue weighted by atomic mass is 9.94. The highest BCUT2D eigenvalue weighted by Gasteiger charge is 2.24. The van der Waals surface area contributed by atoms with Gasteiger partial charge in [0.1, 0.15) is 0 Å². The van der Waals surface area contributed by atoms with Crippen molar-refractivity contribution >= 4 is 21.4 Å². The van der Waals surface area contributed by atoms with Crippen molar-refractivity contribution in [3.8, 4) is 0 Å². The summed E-state index contributed by atoms with van der Waals surface area (Å²) < 4.78 is 22.5. The quantitative estimate of drug-likeness (QED) is 0.712. The van der Waals surface area contributed by atoms with E-state index in [0.29, 0.717) is 17.6 Å². The van der Waals surface area contributed by atoms with Gasteiger partial charge in [-0.05, 0) is 44.1 Å². The molecule has 2 atom stereocenters. The van der Waals surface area contributed by atoms with Crippen LogP contribution in [0.2, 0.25) is 0 Å². The van der Waals surface area contributed by atoms with Crippen molar-refractivity contribution < 1.29 is 8.42 Å². The summed E-state index contributed by atoms with van der Waals surface area (Å²) in [5, 5.41) is 8.50. The molecule has 0 amide bonds. The van der Waals surface area contributed by atoms with E-state index in [9.17, 15) is 8.42 Å². The summed E-state index contributed by atoms with van der Waals surface area (Å²) in [6.45, 7) is 4.27. The number of likely N-dealkylation sites (tertiary alicyclic amines) is 1. The first-order chi connectivity index (χ1) is 9.27. The van der Waals surface area contributed by atoms with Gasteiger partial charge in [0.25, 0.3) is 0 Å². The van der Waals surface area contributed by atoms with Crippen molar-refractivity contribution in [2.75, 3.05) is 31.2 Å². The summed E-state index contributed by atoms with van der Waals surface area (Å²) in [7, 11) is -1.59. The Bertz CT molecular complexity index is 588. The molecule has 20 heavy (non-hydrogen) atoms. The number of piperidine rings is 1. The number of sulfonamides is 1. The fourth-order valence-electron chi connectivity index (χ4n) is 2.62. The fourth-order valence-corrected chi connectivity index (χ4v) is 3.17. The third kappa shape index (κ3) is 3.41. The lowest BCUT2D eigenvalue weighted by molar-refractivity contribution is 0.206. The first-order valence-corrected chi connectivity index (χ1v) is 8.19. The Morgan fingerprint density at radius 1 is 1.40 bits per heavy atom. The van der Waals surface area contributed by atoms with Crippen LogP contribution in [-0.4, -0.2) is 39.5 Å². The highest BCUT2D eigenvalue weighted by atomic mass is 32.2. The van der Waals surface area contributed by atoms with Crippen LogP contribution in [0, 0.1) is 5.92 Å². The molecule has 1 aromatic rings. The van der Waals surface area contributed by atoms with E-state index < -0.39 is 10.0 Å². The molecule has 1 aliphatic heterocycles. The molecule has 0 radical (unpaired) electrons. The molecule has 112 valence electrons. The number of nitrogen functional groups attached to an aromatic ring is 1. The van der Waals surface area contributed by atoms with Gasteiger partial charge in [-0.1, -0.05) is 6.92 Å². The van der Waals surface area contributed by atoms with E-state index in [-0.39, 0.29) is 4.90 Å². The first-order valence-electron chi connectivity index (χ1n) is 6.65. The normalized spacial score (nSPS) is 24.6. The summed E-state index contributed by atoms with van der Waals surface area (Å²) in [4.78, 5) is 2.34. The van der Waals surface area contributed by atoms with E-state index in [4.69, 9.17) is 10.9 Å². The van der Waals surface area contributed by atoms with Crippen LogP contribution in [-0.2, 0) is 10.0 Å². The summed E-state index contributed by atoms with van der Waals surface area (Å²) >= 11 is 0. The van der Waals surface area contributed by atoms with Gasteiger partial charge >= 0.3 is 0 Å². The number of nitrogens with one attached hydrogen (secondary N) is 1. The minimum absolute atomic E-state index is 0.0389. The Hall–Kier alpha value is -1.31. The molecule has 1 heterocycles. The molecule has 2 rings (SSSR count). The third-order valence-electron chi connectivity index (χ3n) is 3.80. The second-order valence-corrected chi connectivity index (χ2v) is 7.13. The topological polar surface area (TPSA) is 101 Å². The zero-order valence-electron chi connectivity index (χ0n) is 11.8. The Kier molecular flexibility index (Phi) is 4.22. The average Bonchev–Trinajstić information content (AvgIpc) is 2.33. The van der Waals surface area contributed by atoms with Crippen LogP contribution in [0.4, 0.5) is 11.4 Å². The molecule has 1 aromatic carbocycles. The molecule has 0 spiro atoms. The van der Waals surface area contributed by atoms with Crippen LogP contribution < -0.4 is 16.2 Å². The summed E-state index contributed by atoms with van der Waals surface area (Å²) in [5.41, 5.74) is 7.08. The van der Waals surface area contributed by atoms with Crippen molar-refractivity contribution in [1.82, 2.24) is 4.90 Å². The van der Waals surface area contributed by atoms with Crippen LogP contribution in [0.25, 0.3) is 0 Å². The van der Waals surface area contributed by atoms with Crippen molar-refractivity contribution in [3.63, 3.8) is 0 Å². The summed E-state index contributed by atoms with van der Waals surface area (Å²) in [6.07, 6.45) is 1.04. The maximum Gasteiger partial charge on any atom is 0.238 e. The second kappa shape index (κ2) is 5.59. The predicted molar refractivity (Wildman–Crippen MR) is 80.9 cm³/mol. The van der Waals surface area contributed by atoms with Gasteiger partial charge in [0.15, 0.2) is 0 Å². The predicted octanol–water partition coefficient (Wildman–Crippen LogP) is 0.668. The largest absolute Gasteiger partial charge is 0.397 e. The number of hydrogen-bond acceptors (Lipinski definition) is 5. The monoisotopic (exact) mass is 298 g/mol. The molecule has 1 aliphatic rings. The molecule has 0 saturated carbocycles. The molecule has 1 saturated heterocycles. The maximum absolute atomic E-state index is 11.3. The second-order valence-electron chi connectivity index (χ2n) is 5.57. The summed E-state index contributed by atoms with van der Waals surface area (Å²) in [5.74, 6) is 0.506. The van der Waals surface area contributed by atoms with E-state index in [1.807, 2.05) is 0 Å². The van der Waals surface area contributed by atoms with Crippen LogP contribution in [0.1, 0.15) is 13.3 Å². The zero-order valence-corrected chi connectivity index (χ0v) is 12.7. The average molecular weight is 298 g/mol. The van der Waals surface area contributed by atoms with E-state index in [0.717, 1.165) is 25.2 Å². The van der Waals surface area contributed by atoms with Gasteiger partial charge in [0.2, 0.25) is 10.0 Å². The van der Waals surface area contributed by atoms with E-state index in [1.54, 1.807) is 6.07 Å². The molecule has 7 heteroatoms. The Morgan fingerprint density at radius 2 is 2.10 bits per heavy atom. The number of benzene rings is 1. The number of hydrogen-bond donors (Lipinski definition) is 3. The third-order valence-corrected chi connectivity index (χ3v) is 4.71. The highest BCUT2D eigenvalue weighted by molar-refractivity contribution is 7.89. The molecule has 0 aromatic heterocycles. The maximum atomic E-state index is 11.3. The van der Waals surface area contributed by atoms with Gasteiger partial charge < -0.3 is 16.0 Å². The standard InChI is InChI=1S/C13H22N4O2S/c1-9-8-17(2)6-5-12(9)16-13-4-3-10(7-11(13)14)20(15,18)19/h3-4,7,9,12,16H,5-6,8,14H2,1-2H3,(H2,15,18,19). The molecule has 0 aliphatic carbocycles. The highest BCUT2D eigenvalue weighted by Crippen LogP contribution is 2.26. The number of nitrogens with zero attached hydrogens (tertiary/aromatic N) is 1. The molecule has 6 nitrogen and oxygen atoms in total. The number of rotatable bonds is 3. The van der Waals surface area contributed by atoms with Crippen LogP contribution in [0.3, 0.4) is 0 Å². The Morgan fingerprint density at radius 3 is 2.65 bits per heavy atom. The molecule has 5 N–H and O–H groups in total. The molecule has 1 fully saturated rings. The number of primary sulfonamides is 1. The minimum Gasteiger partial charge on any atom is -0.397 e. The molecular weight excluding hydrogens is 276 g/mol. The van der Waals surface area contributed by atoms with Gasteiger partial charge in [-0.3, -0.25) is 0 Å². The lowest BCUT2D eigenvalue weighted by Crippen LogP contribution is -2.43. The van der Waals surface area contributed by atoms with E-state index in [1.165, 1.54) is 12.1 Å². The summed E-state index contributed by atoms with van der Waals surface area (Å²) in [6, 6.07) is 4.90. The van der Waals surface area contributed by atoms with Crippen LogP contribution >= 0.6 is 0 Å². The Labute approximate surface area is 120 Å². The van der Waals surface area contributed by atoms with Gasteiger partial charge in [0, 0.05) is 12.6 Å². The van der Waals surface area contributed by atoms with Gasteiger partial charge in [-0.15, -0.1) is 0 Å². The fraction of sp³-hybridized carbons (Fsp3) is 0.538. The smallest absolute Gasteiger partial charge is 0.238 e. The molecule has 0 bridgehead atoms. The van der Waals surface area contributed by atoms with E-state index in [2.05, 4.69) is 24.2 Å². The molecular formula is C13H22N4O2S. The Balaban J connectivity index is 2.14. The van der Waals surface area contributed by atoms with Crippen LogP contribution in [0.15, 0.2) is 23.1 Å². The lowest BCUT2D eigenvalue weighted by Gasteiger charge is -2.36. The van der Waals surface area contributed by atoms with E-state index >= 15 is 0 Å². The zero-order chi connectivity index (χ0) is 14.9. The van der Waals surface area contributed by atoms with Crippen molar-refractivity contribution in [1.29, 1.82) is 0 Å². The minimum atomic E-state index is -3.71. The van der Waals surface area contributed by atoms with Crippen molar-refractivity contribution in [2.24, 2.45) is 11.1 Å². The molecule has 2 unspecified atom stereocenters. The van der Waals surface area contributed by atoms with Gasteiger partial charge in [-0.2, -0.15) is 0 Å². The van der Waals surface area contributed by atoms with Crippen molar-refractivity contribution in [3.05, 3.63) is 18.2 Å². The van der Waals surface area contributed by atoms with Crippen LogP contribution in [0.5, 0.6) is 0 Å². The number of anilines is 2. The van der Waals surface area contributed by atoms with Gasteiger partial charge in [0.05, 0.1) is 16.3 Å². The number of nitrogens with two attached hydrogens (primary N) is 2.